The van der Waals surface area contributed by atoms with Crippen LogP contribution >= 0.6 is 0 Å². The van der Waals surface area contributed by atoms with E-state index < -0.39 is 39.6 Å². The molecule has 0 bridgehead atoms. The van der Waals surface area contributed by atoms with Gasteiger partial charge in [0.05, 0.1) is 5.75 Å². The number of hydrogen-bond donors (Lipinski definition) is 1. The minimum atomic E-state index is -4.01. The number of alkyl halides is 2. The highest BCUT2D eigenvalue weighted by Crippen LogP contribution is 2.45. The van der Waals surface area contributed by atoms with Gasteiger partial charge in [-0.1, -0.05) is 12.8 Å². The highest BCUT2D eigenvalue weighted by atomic mass is 32.2. The molecule has 0 amide bonds. The molecule has 1 aliphatic heterocycles. The molecule has 3 rings (SSSR count). The maximum Gasteiger partial charge on any atom is 0.322 e. The number of rotatable bonds is 4. The smallest absolute Gasteiger partial charge is 0.322 e. The standard InChI is InChI=1S/C15H23F2NO4S/c16-15(17)7-3-5-11(15)9-23(21,22)18-12-6-2-1-4-10(12)8-13(18)14(19)20/h10-13H,1-9H2,(H,19,20). The molecular weight excluding hydrogens is 328 g/mol. The minimum absolute atomic E-state index is 0.0451. The summed E-state index contributed by atoms with van der Waals surface area (Å²) in [5, 5.41) is 9.40. The number of aliphatic carboxylic acids is 1. The quantitative estimate of drug-likeness (QED) is 0.844. The minimum Gasteiger partial charge on any atom is -0.480 e. The van der Waals surface area contributed by atoms with Crippen LogP contribution in [0.2, 0.25) is 0 Å². The SMILES string of the molecule is O=C(O)C1CC2CCCCC2N1S(=O)(=O)CC1CCCC1(F)F. The normalized spacial score (nSPS) is 37.7. The van der Waals surface area contributed by atoms with Gasteiger partial charge in [-0.2, -0.15) is 4.31 Å². The van der Waals surface area contributed by atoms with Crippen molar-refractivity contribution in [2.45, 2.75) is 69.4 Å². The monoisotopic (exact) mass is 351 g/mol. The van der Waals surface area contributed by atoms with Gasteiger partial charge in [0.25, 0.3) is 5.92 Å². The Hall–Kier alpha value is -0.760. The maximum absolute atomic E-state index is 13.8. The average Bonchev–Trinajstić information content (AvgIpc) is 3.00. The molecule has 1 heterocycles. The van der Waals surface area contributed by atoms with Crippen LogP contribution in [0.1, 0.15) is 51.4 Å². The molecule has 4 unspecified atom stereocenters. The lowest BCUT2D eigenvalue weighted by molar-refractivity contribution is -0.141. The highest BCUT2D eigenvalue weighted by Gasteiger charge is 2.53. The first kappa shape index (κ1) is 17.1. The van der Waals surface area contributed by atoms with Crippen molar-refractivity contribution in [2.24, 2.45) is 11.8 Å². The molecule has 1 saturated heterocycles. The Morgan fingerprint density at radius 3 is 2.48 bits per heavy atom. The van der Waals surface area contributed by atoms with E-state index in [1.165, 1.54) is 0 Å². The van der Waals surface area contributed by atoms with Crippen LogP contribution in [-0.4, -0.2) is 47.6 Å². The second-order valence-corrected chi connectivity index (χ2v) is 9.08. The summed E-state index contributed by atoms with van der Waals surface area (Å²) >= 11 is 0. The first-order valence-electron chi connectivity index (χ1n) is 8.34. The third-order valence-corrected chi connectivity index (χ3v) is 7.70. The van der Waals surface area contributed by atoms with E-state index in [4.69, 9.17) is 0 Å². The third-order valence-electron chi connectivity index (χ3n) is 5.71. The van der Waals surface area contributed by atoms with E-state index in [1.807, 2.05) is 0 Å². The van der Waals surface area contributed by atoms with Gasteiger partial charge in [-0.15, -0.1) is 0 Å². The molecule has 3 aliphatic rings. The van der Waals surface area contributed by atoms with Gasteiger partial charge < -0.3 is 5.11 Å². The first-order valence-corrected chi connectivity index (χ1v) is 9.95. The molecular formula is C15H23F2NO4S. The van der Waals surface area contributed by atoms with Gasteiger partial charge in [-0.05, 0) is 38.0 Å². The van der Waals surface area contributed by atoms with Crippen molar-refractivity contribution in [1.82, 2.24) is 4.31 Å². The van der Waals surface area contributed by atoms with E-state index in [-0.39, 0.29) is 24.8 Å². The van der Waals surface area contributed by atoms with Crippen molar-refractivity contribution < 1.29 is 27.1 Å². The Kier molecular flexibility index (Phi) is 4.42. The first-order chi connectivity index (χ1) is 10.7. The van der Waals surface area contributed by atoms with Crippen molar-refractivity contribution in [3.63, 3.8) is 0 Å². The summed E-state index contributed by atoms with van der Waals surface area (Å²) in [7, 11) is -4.01. The molecule has 8 heteroatoms. The van der Waals surface area contributed by atoms with E-state index in [1.54, 1.807) is 0 Å². The molecule has 2 aliphatic carbocycles. The average molecular weight is 351 g/mol. The summed E-state index contributed by atoms with van der Waals surface area (Å²) in [6, 6.07) is -1.42. The summed E-state index contributed by atoms with van der Waals surface area (Å²) in [6.45, 7) is 0. The zero-order valence-electron chi connectivity index (χ0n) is 13.0. The Bertz CT molecular complexity index is 580. The van der Waals surface area contributed by atoms with Gasteiger partial charge in [0.15, 0.2) is 0 Å². The van der Waals surface area contributed by atoms with Crippen LogP contribution < -0.4 is 0 Å². The lowest BCUT2D eigenvalue weighted by atomic mass is 9.85. The zero-order valence-corrected chi connectivity index (χ0v) is 13.8. The predicted octanol–water partition coefficient (Wildman–Crippen LogP) is 2.47. The van der Waals surface area contributed by atoms with Gasteiger partial charge in [0.1, 0.15) is 6.04 Å². The van der Waals surface area contributed by atoms with Crippen LogP contribution in [0.4, 0.5) is 8.78 Å². The molecule has 5 nitrogen and oxygen atoms in total. The van der Waals surface area contributed by atoms with Crippen molar-refractivity contribution in [3.8, 4) is 0 Å². The molecule has 23 heavy (non-hydrogen) atoms. The van der Waals surface area contributed by atoms with Crippen LogP contribution in [0.15, 0.2) is 0 Å². The van der Waals surface area contributed by atoms with Gasteiger partial charge in [-0.3, -0.25) is 4.79 Å². The highest BCUT2D eigenvalue weighted by molar-refractivity contribution is 7.89. The molecule has 0 radical (unpaired) electrons. The summed E-state index contributed by atoms with van der Waals surface area (Å²) in [5.41, 5.74) is 0. The van der Waals surface area contributed by atoms with E-state index >= 15 is 0 Å². The second-order valence-electron chi connectivity index (χ2n) is 7.16. The van der Waals surface area contributed by atoms with Crippen LogP contribution in [0, 0.1) is 11.8 Å². The number of carbonyl (C=O) groups is 1. The number of hydrogen-bond acceptors (Lipinski definition) is 3. The number of halogens is 2. The van der Waals surface area contributed by atoms with Gasteiger partial charge in [0, 0.05) is 18.4 Å². The number of fused-ring (bicyclic) bond motifs is 1. The van der Waals surface area contributed by atoms with Crippen LogP contribution in [0.3, 0.4) is 0 Å². The topological polar surface area (TPSA) is 74.7 Å². The Morgan fingerprint density at radius 1 is 1.17 bits per heavy atom. The number of sulfonamides is 1. The van der Waals surface area contributed by atoms with E-state index in [2.05, 4.69) is 0 Å². The van der Waals surface area contributed by atoms with Crippen LogP contribution in [-0.2, 0) is 14.8 Å². The van der Waals surface area contributed by atoms with Gasteiger partial charge in [0.2, 0.25) is 10.0 Å². The number of nitrogens with zero attached hydrogens (tertiary/aromatic N) is 1. The largest absolute Gasteiger partial charge is 0.480 e. The van der Waals surface area contributed by atoms with Crippen LogP contribution in [0.25, 0.3) is 0 Å². The maximum atomic E-state index is 13.8. The molecule has 0 spiro atoms. The lowest BCUT2D eigenvalue weighted by Gasteiger charge is -2.33. The van der Waals surface area contributed by atoms with Crippen molar-refractivity contribution in [1.29, 1.82) is 0 Å². The fourth-order valence-corrected chi connectivity index (χ4v) is 6.92. The molecule has 2 saturated carbocycles. The second kappa shape index (κ2) is 5.95. The predicted molar refractivity (Wildman–Crippen MR) is 79.7 cm³/mol. The molecule has 1 N–H and O–H groups in total. The van der Waals surface area contributed by atoms with Crippen molar-refractivity contribution in [3.05, 3.63) is 0 Å². The van der Waals surface area contributed by atoms with E-state index in [0.29, 0.717) is 19.3 Å². The molecule has 0 aromatic heterocycles. The molecule has 4 atom stereocenters. The van der Waals surface area contributed by atoms with Gasteiger partial charge >= 0.3 is 5.97 Å². The molecule has 0 aromatic carbocycles. The zero-order chi connectivity index (χ0) is 16.8. The third kappa shape index (κ3) is 3.12. The fourth-order valence-electron chi connectivity index (χ4n) is 4.57. The van der Waals surface area contributed by atoms with Gasteiger partial charge in [-0.25, -0.2) is 17.2 Å². The summed E-state index contributed by atoms with van der Waals surface area (Å²) in [6.07, 6.45) is 3.82. The summed E-state index contributed by atoms with van der Waals surface area (Å²) < 4.78 is 54.3. The van der Waals surface area contributed by atoms with E-state index in [0.717, 1.165) is 23.6 Å². The molecule has 132 valence electrons. The Morgan fingerprint density at radius 2 is 1.87 bits per heavy atom. The van der Waals surface area contributed by atoms with Crippen LogP contribution in [0.5, 0.6) is 0 Å². The Balaban J connectivity index is 1.85. The number of carboxylic acids is 1. The number of carboxylic acid groups (broad SMARTS) is 1. The Labute approximate surface area is 135 Å². The lowest BCUT2D eigenvalue weighted by Crippen LogP contribution is -2.48. The van der Waals surface area contributed by atoms with Crippen molar-refractivity contribution >= 4 is 16.0 Å². The fraction of sp³-hybridized carbons (Fsp3) is 0.933. The summed E-state index contributed by atoms with van der Waals surface area (Å²) in [5.74, 6) is -5.90. The molecule has 3 fully saturated rings. The van der Waals surface area contributed by atoms with E-state index in [9.17, 15) is 27.1 Å². The summed E-state index contributed by atoms with van der Waals surface area (Å²) in [4.78, 5) is 11.5. The van der Waals surface area contributed by atoms with Crippen molar-refractivity contribution in [2.75, 3.05) is 5.75 Å². The molecule has 0 aromatic rings.